The smallest absolute Gasteiger partial charge is 0.119 e. The van der Waals surface area contributed by atoms with Crippen LogP contribution in [0.1, 0.15) is 35.3 Å². The van der Waals surface area contributed by atoms with Gasteiger partial charge in [0.1, 0.15) is 5.75 Å². The van der Waals surface area contributed by atoms with Gasteiger partial charge in [0.2, 0.25) is 0 Å². The Kier molecular flexibility index (Phi) is 5.16. The quantitative estimate of drug-likeness (QED) is 0.629. The topological polar surface area (TPSA) is 73.1 Å². The van der Waals surface area contributed by atoms with Crippen molar-refractivity contribution < 1.29 is 14.6 Å². The molecule has 0 aliphatic rings. The average Bonchev–Trinajstić information content (AvgIpc) is 2.53. The maximum atomic E-state index is 10.7. The van der Waals surface area contributed by atoms with Gasteiger partial charge in [0, 0.05) is 0 Å². The van der Waals surface area contributed by atoms with E-state index >= 15 is 0 Å². The highest BCUT2D eigenvalue weighted by Gasteiger charge is 2.03. The van der Waals surface area contributed by atoms with Crippen molar-refractivity contribution in [2.45, 2.75) is 20.0 Å². The summed E-state index contributed by atoms with van der Waals surface area (Å²) in [6.45, 7) is 3.91. The maximum absolute atomic E-state index is 10.7. The van der Waals surface area contributed by atoms with Crippen LogP contribution in [-0.2, 0) is 0 Å². The Morgan fingerprint density at radius 1 is 1.09 bits per heavy atom. The highest BCUT2D eigenvalue weighted by molar-refractivity contribution is 5.91. The van der Waals surface area contributed by atoms with E-state index in [-0.39, 0.29) is 11.7 Å². The van der Waals surface area contributed by atoms with E-state index in [1.807, 2.05) is 38.1 Å². The third kappa shape index (κ3) is 4.45. The number of carboxylic acid groups (broad SMARTS) is 1. The third-order valence-electron chi connectivity index (χ3n) is 3.11. The highest BCUT2D eigenvalue weighted by Crippen LogP contribution is 2.20. The Hall–Kier alpha value is -3.06. The van der Waals surface area contributed by atoms with Crippen molar-refractivity contribution in [3.63, 3.8) is 0 Å². The number of benzene rings is 2. The Morgan fingerprint density at radius 2 is 1.65 bits per heavy atom. The van der Waals surface area contributed by atoms with Gasteiger partial charge in [-0.05, 0) is 48.7 Å². The van der Waals surface area contributed by atoms with Crippen LogP contribution in [0.5, 0.6) is 5.75 Å². The maximum Gasteiger partial charge on any atom is 0.119 e. The number of nitrogens with zero attached hydrogens (tertiary/aromatic N) is 1. The van der Waals surface area contributed by atoms with E-state index in [1.54, 1.807) is 18.2 Å². The summed E-state index contributed by atoms with van der Waals surface area (Å²) >= 11 is 0. The molecule has 116 valence electrons. The fraction of sp³-hybridized carbons (Fsp3) is 0.158. The minimum Gasteiger partial charge on any atom is -0.545 e. The van der Waals surface area contributed by atoms with Gasteiger partial charge in [-0.25, -0.2) is 0 Å². The SMILES string of the molecule is CC(C)Oc1ccc(/C=C(/C#N)c2ccc(C(=O)[O-])cc2)cc1. The summed E-state index contributed by atoms with van der Waals surface area (Å²) in [4.78, 5) is 10.7. The van der Waals surface area contributed by atoms with Crippen molar-refractivity contribution in [1.82, 2.24) is 0 Å². The molecule has 4 heteroatoms. The van der Waals surface area contributed by atoms with Gasteiger partial charge in [0.15, 0.2) is 0 Å². The molecule has 0 fully saturated rings. The zero-order chi connectivity index (χ0) is 16.8. The largest absolute Gasteiger partial charge is 0.545 e. The zero-order valence-corrected chi connectivity index (χ0v) is 12.9. The van der Waals surface area contributed by atoms with Gasteiger partial charge in [0.25, 0.3) is 0 Å². The first-order chi connectivity index (χ1) is 11.0. The number of nitriles is 1. The number of allylic oxidation sites excluding steroid dienone is 1. The van der Waals surface area contributed by atoms with Gasteiger partial charge < -0.3 is 14.6 Å². The first-order valence-corrected chi connectivity index (χ1v) is 7.20. The van der Waals surface area contributed by atoms with Crippen molar-refractivity contribution in [1.29, 1.82) is 5.26 Å². The molecule has 0 bridgehead atoms. The molecule has 2 aromatic rings. The lowest BCUT2D eigenvalue weighted by Crippen LogP contribution is -2.21. The molecule has 0 atom stereocenters. The highest BCUT2D eigenvalue weighted by atomic mass is 16.5. The van der Waals surface area contributed by atoms with Crippen LogP contribution in [0.4, 0.5) is 0 Å². The summed E-state index contributed by atoms with van der Waals surface area (Å²) in [5.41, 5.74) is 2.05. The molecule has 0 amide bonds. The minimum atomic E-state index is -1.24. The molecule has 0 radical (unpaired) electrons. The summed E-state index contributed by atoms with van der Waals surface area (Å²) < 4.78 is 5.57. The molecule has 4 nitrogen and oxygen atoms in total. The Labute approximate surface area is 135 Å². The number of hydrogen-bond donors (Lipinski definition) is 0. The Balaban J connectivity index is 2.24. The normalized spacial score (nSPS) is 11.1. The first kappa shape index (κ1) is 16.3. The van der Waals surface area contributed by atoms with Crippen LogP contribution in [0.3, 0.4) is 0 Å². The van der Waals surface area contributed by atoms with Crippen molar-refractivity contribution in [2.75, 3.05) is 0 Å². The number of carbonyl (C=O) groups excluding carboxylic acids is 1. The zero-order valence-electron chi connectivity index (χ0n) is 12.9. The van der Waals surface area contributed by atoms with Crippen molar-refractivity contribution in [3.8, 4) is 11.8 Å². The van der Waals surface area contributed by atoms with Gasteiger partial charge in [-0.1, -0.05) is 36.4 Å². The summed E-state index contributed by atoms with van der Waals surface area (Å²) in [6, 6.07) is 15.6. The minimum absolute atomic E-state index is 0.0845. The van der Waals surface area contributed by atoms with Crippen LogP contribution in [0.25, 0.3) is 11.6 Å². The van der Waals surface area contributed by atoms with Gasteiger partial charge >= 0.3 is 0 Å². The number of aromatic carboxylic acids is 1. The van der Waals surface area contributed by atoms with Gasteiger partial charge in [-0.3, -0.25) is 0 Å². The summed E-state index contributed by atoms with van der Waals surface area (Å²) in [6.07, 6.45) is 1.85. The van der Waals surface area contributed by atoms with Crippen LogP contribution in [-0.4, -0.2) is 12.1 Å². The van der Waals surface area contributed by atoms with Crippen molar-refractivity contribution in [2.24, 2.45) is 0 Å². The molecule has 0 saturated carbocycles. The number of rotatable bonds is 5. The standard InChI is InChI=1S/C19H17NO3/c1-13(2)23-18-9-3-14(4-10-18)11-17(12-20)15-5-7-16(8-6-15)19(21)22/h3-11,13H,1-2H3,(H,21,22)/p-1/b17-11-. The molecule has 23 heavy (non-hydrogen) atoms. The molecule has 2 aromatic carbocycles. The van der Waals surface area contributed by atoms with Gasteiger partial charge in [-0.2, -0.15) is 5.26 Å². The molecule has 0 aliphatic heterocycles. The van der Waals surface area contributed by atoms with E-state index in [2.05, 4.69) is 6.07 Å². The molecule has 0 saturated heterocycles. The van der Waals surface area contributed by atoms with Gasteiger partial charge in [-0.15, -0.1) is 0 Å². The molecular weight excluding hydrogens is 290 g/mol. The number of ether oxygens (including phenoxy) is 1. The summed E-state index contributed by atoms with van der Waals surface area (Å²) in [5.74, 6) is -0.464. The lowest BCUT2D eigenvalue weighted by molar-refractivity contribution is -0.255. The second-order valence-electron chi connectivity index (χ2n) is 5.27. The van der Waals surface area contributed by atoms with Crippen LogP contribution < -0.4 is 9.84 Å². The lowest BCUT2D eigenvalue weighted by atomic mass is 10.0. The van der Waals surface area contributed by atoms with Crippen molar-refractivity contribution >= 4 is 17.6 Å². The second-order valence-corrected chi connectivity index (χ2v) is 5.27. The van der Waals surface area contributed by atoms with E-state index in [9.17, 15) is 15.2 Å². The van der Waals surface area contributed by atoms with Crippen LogP contribution >= 0.6 is 0 Å². The third-order valence-corrected chi connectivity index (χ3v) is 3.11. The number of carbonyl (C=O) groups is 1. The van der Waals surface area contributed by atoms with Crippen LogP contribution in [0.2, 0.25) is 0 Å². The Bertz CT molecular complexity index is 751. The summed E-state index contributed by atoms with van der Waals surface area (Å²) in [5, 5.41) is 20.1. The molecule has 0 unspecified atom stereocenters. The second kappa shape index (κ2) is 7.28. The van der Waals surface area contributed by atoms with E-state index < -0.39 is 5.97 Å². The average molecular weight is 306 g/mol. The predicted octanol–water partition coefficient (Wildman–Crippen LogP) is 2.90. The first-order valence-electron chi connectivity index (χ1n) is 7.20. The molecule has 0 N–H and O–H groups in total. The molecule has 0 spiro atoms. The number of carboxylic acids is 1. The summed E-state index contributed by atoms with van der Waals surface area (Å²) in [7, 11) is 0. The van der Waals surface area contributed by atoms with E-state index in [1.165, 1.54) is 12.1 Å². The molecular formula is C19H16NO3-. The molecule has 0 aromatic heterocycles. The van der Waals surface area contributed by atoms with Crippen LogP contribution in [0, 0.1) is 11.3 Å². The monoisotopic (exact) mass is 306 g/mol. The number of hydrogen-bond acceptors (Lipinski definition) is 4. The predicted molar refractivity (Wildman–Crippen MR) is 86.5 cm³/mol. The molecule has 0 aliphatic carbocycles. The van der Waals surface area contributed by atoms with Gasteiger partial charge in [0.05, 0.1) is 23.7 Å². The fourth-order valence-corrected chi connectivity index (χ4v) is 2.05. The van der Waals surface area contributed by atoms with Crippen LogP contribution in [0.15, 0.2) is 48.5 Å². The lowest BCUT2D eigenvalue weighted by Gasteiger charge is -2.09. The van der Waals surface area contributed by atoms with E-state index in [0.717, 1.165) is 11.3 Å². The van der Waals surface area contributed by atoms with Crippen molar-refractivity contribution in [3.05, 3.63) is 65.2 Å². The van der Waals surface area contributed by atoms with E-state index in [0.29, 0.717) is 11.1 Å². The molecule has 0 heterocycles. The van der Waals surface area contributed by atoms with E-state index in [4.69, 9.17) is 4.74 Å². The molecule has 2 rings (SSSR count). The Morgan fingerprint density at radius 3 is 2.13 bits per heavy atom. The fourth-order valence-electron chi connectivity index (χ4n) is 2.05.